The molecule has 4 heteroatoms. The first-order valence-electron chi connectivity index (χ1n) is 4.95. The highest BCUT2D eigenvalue weighted by Gasteiger charge is 2.13. The van der Waals surface area contributed by atoms with Gasteiger partial charge in [-0.15, -0.1) is 0 Å². The van der Waals surface area contributed by atoms with Crippen molar-refractivity contribution >= 4 is 0 Å². The SMILES string of the molecule is NCC(Oc1ccc(F)cc1)c1ccco1. The minimum atomic E-state index is -0.347. The topological polar surface area (TPSA) is 48.4 Å². The van der Waals surface area contributed by atoms with Crippen LogP contribution in [-0.4, -0.2) is 6.54 Å². The van der Waals surface area contributed by atoms with E-state index in [1.54, 1.807) is 30.5 Å². The van der Waals surface area contributed by atoms with E-state index in [0.717, 1.165) is 0 Å². The van der Waals surface area contributed by atoms with Crippen LogP contribution in [0.1, 0.15) is 11.9 Å². The molecule has 16 heavy (non-hydrogen) atoms. The number of hydrogen-bond acceptors (Lipinski definition) is 3. The molecule has 0 fully saturated rings. The Hall–Kier alpha value is -1.81. The highest BCUT2D eigenvalue weighted by atomic mass is 19.1. The van der Waals surface area contributed by atoms with Crippen LogP contribution in [0.25, 0.3) is 0 Å². The maximum Gasteiger partial charge on any atom is 0.168 e. The molecule has 0 radical (unpaired) electrons. The van der Waals surface area contributed by atoms with E-state index < -0.39 is 0 Å². The quantitative estimate of drug-likeness (QED) is 0.862. The average molecular weight is 221 g/mol. The Kier molecular flexibility index (Phi) is 3.22. The third-order valence-electron chi connectivity index (χ3n) is 2.17. The van der Waals surface area contributed by atoms with E-state index in [0.29, 0.717) is 18.1 Å². The molecule has 0 aliphatic carbocycles. The molecule has 1 heterocycles. The summed E-state index contributed by atoms with van der Waals surface area (Å²) in [5.41, 5.74) is 5.58. The lowest BCUT2D eigenvalue weighted by atomic mass is 10.2. The maximum absolute atomic E-state index is 12.7. The molecule has 84 valence electrons. The molecule has 0 saturated carbocycles. The largest absolute Gasteiger partial charge is 0.481 e. The molecule has 1 aromatic carbocycles. The second-order valence-electron chi connectivity index (χ2n) is 3.31. The molecule has 1 unspecified atom stereocenters. The van der Waals surface area contributed by atoms with Gasteiger partial charge in [-0.1, -0.05) is 0 Å². The van der Waals surface area contributed by atoms with Crippen molar-refractivity contribution < 1.29 is 13.5 Å². The lowest BCUT2D eigenvalue weighted by molar-refractivity contribution is 0.184. The van der Waals surface area contributed by atoms with Gasteiger partial charge in [0.25, 0.3) is 0 Å². The fourth-order valence-electron chi connectivity index (χ4n) is 1.37. The molecule has 0 aliphatic rings. The fourth-order valence-corrected chi connectivity index (χ4v) is 1.37. The first-order chi connectivity index (χ1) is 7.79. The molecule has 0 saturated heterocycles. The summed E-state index contributed by atoms with van der Waals surface area (Å²) in [6.45, 7) is 0.297. The highest BCUT2D eigenvalue weighted by Crippen LogP contribution is 2.21. The van der Waals surface area contributed by atoms with Gasteiger partial charge in [0.15, 0.2) is 6.10 Å². The Bertz CT molecular complexity index is 425. The second-order valence-corrected chi connectivity index (χ2v) is 3.31. The lowest BCUT2D eigenvalue weighted by Gasteiger charge is -2.14. The van der Waals surface area contributed by atoms with E-state index in [-0.39, 0.29) is 11.9 Å². The Morgan fingerprint density at radius 2 is 2.00 bits per heavy atom. The summed E-state index contributed by atoms with van der Waals surface area (Å²) >= 11 is 0. The normalized spacial score (nSPS) is 12.4. The first kappa shape index (κ1) is 10.7. The van der Waals surface area contributed by atoms with Gasteiger partial charge in [-0.3, -0.25) is 0 Å². The number of ether oxygens (including phenoxy) is 1. The second kappa shape index (κ2) is 4.81. The van der Waals surface area contributed by atoms with E-state index in [1.165, 1.54) is 12.1 Å². The van der Waals surface area contributed by atoms with E-state index in [4.69, 9.17) is 14.9 Å². The molecule has 1 atom stereocenters. The summed E-state index contributed by atoms with van der Waals surface area (Å²) in [6, 6.07) is 9.35. The summed E-state index contributed by atoms with van der Waals surface area (Å²) in [5.74, 6) is 0.926. The molecule has 0 amide bonds. The molecule has 2 aromatic rings. The summed E-state index contributed by atoms with van der Waals surface area (Å²) in [6.07, 6.45) is 1.21. The van der Waals surface area contributed by atoms with E-state index >= 15 is 0 Å². The van der Waals surface area contributed by atoms with Crippen LogP contribution in [0, 0.1) is 5.82 Å². The molecule has 2 N–H and O–H groups in total. The predicted octanol–water partition coefficient (Wildman–Crippen LogP) is 2.50. The number of halogens is 1. The Morgan fingerprint density at radius 1 is 1.25 bits per heavy atom. The number of hydrogen-bond donors (Lipinski definition) is 1. The molecular weight excluding hydrogens is 209 g/mol. The molecule has 3 nitrogen and oxygen atoms in total. The minimum Gasteiger partial charge on any atom is -0.481 e. The van der Waals surface area contributed by atoms with E-state index in [2.05, 4.69) is 0 Å². The van der Waals surface area contributed by atoms with Crippen LogP contribution in [0.4, 0.5) is 4.39 Å². The van der Waals surface area contributed by atoms with Gasteiger partial charge in [-0.25, -0.2) is 4.39 Å². The van der Waals surface area contributed by atoms with Crippen molar-refractivity contribution in [1.82, 2.24) is 0 Å². The highest BCUT2D eigenvalue weighted by molar-refractivity contribution is 5.23. The molecule has 0 bridgehead atoms. The standard InChI is InChI=1S/C12H12FNO2/c13-9-3-5-10(6-4-9)16-12(8-14)11-2-1-7-15-11/h1-7,12H,8,14H2. The van der Waals surface area contributed by atoms with Crippen LogP contribution in [0.5, 0.6) is 5.75 Å². The van der Waals surface area contributed by atoms with Crippen molar-refractivity contribution in [2.75, 3.05) is 6.54 Å². The zero-order chi connectivity index (χ0) is 11.4. The zero-order valence-corrected chi connectivity index (χ0v) is 8.60. The van der Waals surface area contributed by atoms with Gasteiger partial charge in [-0.05, 0) is 36.4 Å². The summed E-state index contributed by atoms with van der Waals surface area (Å²) in [5, 5.41) is 0. The van der Waals surface area contributed by atoms with Crippen LogP contribution in [0.15, 0.2) is 47.1 Å². The predicted molar refractivity (Wildman–Crippen MR) is 57.5 cm³/mol. The third kappa shape index (κ3) is 2.41. The van der Waals surface area contributed by atoms with Crippen molar-refractivity contribution in [2.45, 2.75) is 6.10 Å². The van der Waals surface area contributed by atoms with Crippen LogP contribution >= 0.6 is 0 Å². The van der Waals surface area contributed by atoms with Gasteiger partial charge in [0.05, 0.1) is 6.26 Å². The number of benzene rings is 1. The van der Waals surface area contributed by atoms with Gasteiger partial charge in [0.1, 0.15) is 17.3 Å². The van der Waals surface area contributed by atoms with Gasteiger partial charge < -0.3 is 14.9 Å². The molecule has 0 aliphatic heterocycles. The number of furan rings is 1. The van der Waals surface area contributed by atoms with Crippen LogP contribution in [-0.2, 0) is 0 Å². The lowest BCUT2D eigenvalue weighted by Crippen LogP contribution is -2.17. The summed E-state index contributed by atoms with van der Waals surface area (Å²) < 4.78 is 23.5. The summed E-state index contributed by atoms with van der Waals surface area (Å²) in [7, 11) is 0. The monoisotopic (exact) mass is 221 g/mol. The van der Waals surface area contributed by atoms with Gasteiger partial charge in [0, 0.05) is 6.54 Å². The van der Waals surface area contributed by atoms with Crippen molar-refractivity contribution in [3.8, 4) is 5.75 Å². The molecular formula is C12H12FNO2. The van der Waals surface area contributed by atoms with Crippen LogP contribution in [0.2, 0.25) is 0 Å². The van der Waals surface area contributed by atoms with Gasteiger partial charge in [-0.2, -0.15) is 0 Å². The van der Waals surface area contributed by atoms with Crippen LogP contribution < -0.4 is 10.5 Å². The van der Waals surface area contributed by atoms with E-state index in [1.807, 2.05) is 0 Å². The van der Waals surface area contributed by atoms with Crippen molar-refractivity contribution in [1.29, 1.82) is 0 Å². The minimum absolute atomic E-state index is 0.297. The third-order valence-corrected chi connectivity index (χ3v) is 2.17. The van der Waals surface area contributed by atoms with E-state index in [9.17, 15) is 4.39 Å². The van der Waals surface area contributed by atoms with Gasteiger partial charge in [0.2, 0.25) is 0 Å². The van der Waals surface area contributed by atoms with Gasteiger partial charge >= 0.3 is 0 Å². The fraction of sp³-hybridized carbons (Fsp3) is 0.167. The molecule has 0 spiro atoms. The zero-order valence-electron chi connectivity index (χ0n) is 8.60. The molecule has 2 rings (SSSR count). The number of nitrogens with two attached hydrogens (primary N) is 1. The number of rotatable bonds is 4. The maximum atomic E-state index is 12.7. The van der Waals surface area contributed by atoms with Crippen molar-refractivity contribution in [2.24, 2.45) is 5.73 Å². The Labute approximate surface area is 92.6 Å². The van der Waals surface area contributed by atoms with Crippen molar-refractivity contribution in [3.63, 3.8) is 0 Å². The average Bonchev–Trinajstić information content (AvgIpc) is 2.82. The Balaban J connectivity index is 2.10. The van der Waals surface area contributed by atoms with Crippen molar-refractivity contribution in [3.05, 3.63) is 54.2 Å². The Morgan fingerprint density at radius 3 is 2.56 bits per heavy atom. The first-order valence-corrected chi connectivity index (χ1v) is 4.95. The molecule has 1 aromatic heterocycles. The smallest absolute Gasteiger partial charge is 0.168 e. The summed E-state index contributed by atoms with van der Waals surface area (Å²) in [4.78, 5) is 0. The van der Waals surface area contributed by atoms with Crippen LogP contribution in [0.3, 0.4) is 0 Å².